The minimum absolute atomic E-state index is 0.208. The number of carbonyl (C=O) groups is 1. The van der Waals surface area contributed by atoms with E-state index < -0.39 is 11.8 Å². The lowest BCUT2D eigenvalue weighted by Gasteiger charge is -2.00. The third-order valence-corrected chi connectivity index (χ3v) is 2.04. The molecule has 3 nitrogen and oxygen atoms in total. The first-order valence-corrected chi connectivity index (χ1v) is 4.07. The number of hydrogen-bond donors (Lipinski definition) is 1. The second-order valence-corrected chi connectivity index (χ2v) is 2.89. The third-order valence-electron chi connectivity index (χ3n) is 2.04. The molecule has 0 aliphatic carbocycles. The summed E-state index contributed by atoms with van der Waals surface area (Å²) in [5.74, 6) is -0.968. The van der Waals surface area contributed by atoms with Crippen molar-refractivity contribution in [1.82, 2.24) is 4.98 Å². The number of hydrogen-bond acceptors (Lipinski definition) is 2. The van der Waals surface area contributed by atoms with E-state index in [1.165, 1.54) is 13.2 Å². The van der Waals surface area contributed by atoms with Crippen molar-refractivity contribution in [3.05, 3.63) is 35.8 Å². The fourth-order valence-corrected chi connectivity index (χ4v) is 1.36. The number of rotatable bonds is 1. The zero-order valence-electron chi connectivity index (χ0n) is 7.50. The molecule has 0 aliphatic heterocycles. The van der Waals surface area contributed by atoms with Crippen LogP contribution in [-0.4, -0.2) is 18.1 Å². The molecule has 0 amide bonds. The minimum Gasteiger partial charge on any atom is -0.465 e. The van der Waals surface area contributed by atoms with Crippen LogP contribution in [0, 0.1) is 5.82 Å². The number of methoxy groups -OCH3 is 1. The highest BCUT2D eigenvalue weighted by atomic mass is 19.1. The van der Waals surface area contributed by atoms with Crippen LogP contribution in [-0.2, 0) is 4.74 Å². The normalized spacial score (nSPS) is 10.4. The summed E-state index contributed by atoms with van der Waals surface area (Å²) in [5, 5.41) is 0.470. The Kier molecular flexibility index (Phi) is 1.96. The highest BCUT2D eigenvalue weighted by Gasteiger charge is 2.10. The van der Waals surface area contributed by atoms with Gasteiger partial charge in [-0.2, -0.15) is 0 Å². The second kappa shape index (κ2) is 3.14. The average molecular weight is 193 g/mol. The Morgan fingerprint density at radius 1 is 1.50 bits per heavy atom. The first-order valence-electron chi connectivity index (χ1n) is 4.07. The summed E-state index contributed by atoms with van der Waals surface area (Å²) in [5.41, 5.74) is 0.797. The van der Waals surface area contributed by atoms with Gasteiger partial charge < -0.3 is 9.72 Å². The lowest BCUT2D eigenvalue weighted by Crippen LogP contribution is -2.01. The Labute approximate surface area is 79.5 Å². The molecule has 0 spiro atoms. The summed E-state index contributed by atoms with van der Waals surface area (Å²) < 4.78 is 17.8. The highest BCUT2D eigenvalue weighted by Crippen LogP contribution is 2.18. The average Bonchev–Trinajstić information content (AvgIpc) is 2.64. The SMILES string of the molecule is COC(=O)c1cc(F)c2cc[nH]c2c1. The van der Waals surface area contributed by atoms with Crippen molar-refractivity contribution in [2.24, 2.45) is 0 Å². The van der Waals surface area contributed by atoms with Gasteiger partial charge in [0.2, 0.25) is 0 Å². The molecule has 0 radical (unpaired) electrons. The van der Waals surface area contributed by atoms with E-state index in [-0.39, 0.29) is 5.56 Å². The van der Waals surface area contributed by atoms with Crippen LogP contribution < -0.4 is 0 Å². The number of halogens is 1. The zero-order chi connectivity index (χ0) is 10.1. The Balaban J connectivity index is 2.64. The van der Waals surface area contributed by atoms with E-state index in [2.05, 4.69) is 9.72 Å². The van der Waals surface area contributed by atoms with Crippen molar-refractivity contribution in [3.63, 3.8) is 0 Å². The van der Waals surface area contributed by atoms with Crippen LogP contribution >= 0.6 is 0 Å². The van der Waals surface area contributed by atoms with E-state index in [1.807, 2.05) is 0 Å². The number of aromatic nitrogens is 1. The predicted octanol–water partition coefficient (Wildman–Crippen LogP) is 2.09. The highest BCUT2D eigenvalue weighted by molar-refractivity contribution is 5.94. The number of aromatic amines is 1. The lowest BCUT2D eigenvalue weighted by molar-refractivity contribution is 0.0600. The van der Waals surface area contributed by atoms with Gasteiger partial charge in [-0.1, -0.05) is 0 Å². The van der Waals surface area contributed by atoms with Crippen molar-refractivity contribution in [1.29, 1.82) is 0 Å². The van der Waals surface area contributed by atoms with E-state index in [1.54, 1.807) is 18.3 Å². The number of carbonyl (C=O) groups excluding carboxylic acids is 1. The van der Waals surface area contributed by atoms with Gasteiger partial charge in [0.05, 0.1) is 12.7 Å². The molecule has 1 aromatic carbocycles. The van der Waals surface area contributed by atoms with E-state index in [4.69, 9.17) is 0 Å². The molecule has 1 aromatic heterocycles. The fraction of sp³-hybridized carbons (Fsp3) is 0.100. The maximum absolute atomic E-state index is 13.3. The first-order chi connectivity index (χ1) is 6.72. The van der Waals surface area contributed by atoms with Crippen LogP contribution in [0.3, 0.4) is 0 Å². The molecule has 0 aliphatic rings. The van der Waals surface area contributed by atoms with Gasteiger partial charge in [0.15, 0.2) is 0 Å². The number of nitrogens with one attached hydrogen (secondary N) is 1. The lowest BCUT2D eigenvalue weighted by atomic mass is 10.1. The third kappa shape index (κ3) is 1.25. The van der Waals surface area contributed by atoms with Crippen molar-refractivity contribution >= 4 is 16.9 Å². The van der Waals surface area contributed by atoms with Gasteiger partial charge in [0.1, 0.15) is 5.82 Å². The summed E-state index contributed by atoms with van der Waals surface area (Å²) in [6, 6.07) is 4.35. The van der Waals surface area contributed by atoms with Gasteiger partial charge in [-0.3, -0.25) is 0 Å². The number of fused-ring (bicyclic) bond motifs is 1. The molecule has 0 atom stereocenters. The molecule has 0 unspecified atom stereocenters. The zero-order valence-corrected chi connectivity index (χ0v) is 7.50. The maximum atomic E-state index is 13.3. The molecule has 2 aromatic rings. The van der Waals surface area contributed by atoms with Gasteiger partial charge in [-0.05, 0) is 18.2 Å². The predicted molar refractivity (Wildman–Crippen MR) is 49.6 cm³/mol. The summed E-state index contributed by atoms with van der Waals surface area (Å²) in [7, 11) is 1.26. The van der Waals surface area contributed by atoms with Crippen LogP contribution in [0.2, 0.25) is 0 Å². The molecular formula is C10H8FNO2. The topological polar surface area (TPSA) is 42.1 Å². The molecule has 1 N–H and O–H groups in total. The Morgan fingerprint density at radius 3 is 3.00 bits per heavy atom. The standard InChI is InChI=1S/C10H8FNO2/c1-14-10(13)6-4-8(11)7-2-3-12-9(7)5-6/h2-5,12H,1H3. The molecule has 0 saturated carbocycles. The van der Waals surface area contributed by atoms with E-state index >= 15 is 0 Å². The van der Waals surface area contributed by atoms with E-state index in [0.717, 1.165) is 0 Å². The molecular weight excluding hydrogens is 185 g/mol. The van der Waals surface area contributed by atoms with Crippen LogP contribution in [0.15, 0.2) is 24.4 Å². The number of ether oxygens (including phenoxy) is 1. The van der Waals surface area contributed by atoms with Crippen LogP contribution in [0.5, 0.6) is 0 Å². The second-order valence-electron chi connectivity index (χ2n) is 2.89. The maximum Gasteiger partial charge on any atom is 0.338 e. The molecule has 0 saturated heterocycles. The quantitative estimate of drug-likeness (QED) is 0.704. The summed E-state index contributed by atoms with van der Waals surface area (Å²) in [4.78, 5) is 14.0. The summed E-state index contributed by atoms with van der Waals surface area (Å²) in [6.45, 7) is 0. The number of H-pyrrole nitrogens is 1. The minimum atomic E-state index is -0.541. The van der Waals surface area contributed by atoms with E-state index in [0.29, 0.717) is 10.9 Å². The van der Waals surface area contributed by atoms with Crippen molar-refractivity contribution in [3.8, 4) is 0 Å². The molecule has 72 valence electrons. The van der Waals surface area contributed by atoms with Gasteiger partial charge >= 0.3 is 5.97 Å². The molecule has 1 heterocycles. The van der Waals surface area contributed by atoms with Gasteiger partial charge in [0, 0.05) is 17.1 Å². The monoisotopic (exact) mass is 193 g/mol. The Hall–Kier alpha value is -1.84. The number of esters is 1. The molecule has 14 heavy (non-hydrogen) atoms. The van der Waals surface area contributed by atoms with E-state index in [9.17, 15) is 9.18 Å². The summed E-state index contributed by atoms with van der Waals surface area (Å²) >= 11 is 0. The number of benzene rings is 1. The Morgan fingerprint density at radius 2 is 2.29 bits per heavy atom. The van der Waals surface area contributed by atoms with Crippen molar-refractivity contribution in [2.45, 2.75) is 0 Å². The molecule has 0 bridgehead atoms. The first kappa shape index (κ1) is 8.74. The molecule has 4 heteroatoms. The molecule has 0 fully saturated rings. The largest absolute Gasteiger partial charge is 0.465 e. The molecule has 2 rings (SSSR count). The van der Waals surface area contributed by atoms with Crippen LogP contribution in [0.4, 0.5) is 4.39 Å². The van der Waals surface area contributed by atoms with Gasteiger partial charge in [-0.25, -0.2) is 9.18 Å². The van der Waals surface area contributed by atoms with Gasteiger partial charge in [0.25, 0.3) is 0 Å². The van der Waals surface area contributed by atoms with Crippen LogP contribution in [0.25, 0.3) is 10.9 Å². The van der Waals surface area contributed by atoms with Gasteiger partial charge in [-0.15, -0.1) is 0 Å². The fourth-order valence-electron chi connectivity index (χ4n) is 1.36. The smallest absolute Gasteiger partial charge is 0.338 e. The Bertz CT molecular complexity index is 490. The van der Waals surface area contributed by atoms with Crippen molar-refractivity contribution < 1.29 is 13.9 Å². The summed E-state index contributed by atoms with van der Waals surface area (Å²) in [6.07, 6.45) is 1.62. The van der Waals surface area contributed by atoms with Crippen LogP contribution in [0.1, 0.15) is 10.4 Å². The van der Waals surface area contributed by atoms with Crippen molar-refractivity contribution in [2.75, 3.05) is 7.11 Å².